The predicted molar refractivity (Wildman–Crippen MR) is 71.9 cm³/mol. The van der Waals surface area contributed by atoms with Crippen molar-refractivity contribution in [2.24, 2.45) is 11.1 Å². The van der Waals surface area contributed by atoms with Crippen molar-refractivity contribution in [2.75, 3.05) is 30.3 Å². The van der Waals surface area contributed by atoms with Gasteiger partial charge in [0.2, 0.25) is 0 Å². The topological polar surface area (TPSA) is 76.4 Å². The van der Waals surface area contributed by atoms with Gasteiger partial charge in [-0.05, 0) is 30.2 Å². The summed E-state index contributed by atoms with van der Waals surface area (Å²) in [7, 11) is 0. The van der Waals surface area contributed by atoms with Crippen LogP contribution in [0.2, 0.25) is 0 Å². The molecule has 0 saturated carbocycles. The van der Waals surface area contributed by atoms with E-state index < -0.39 is 0 Å². The molecule has 4 N–H and O–H groups in total. The minimum absolute atomic E-state index is 0.0374. The number of nitrogens with one attached hydrogen (secondary N) is 2. The maximum Gasteiger partial charge on any atom is 0.262 e. The van der Waals surface area contributed by atoms with Gasteiger partial charge in [-0.1, -0.05) is 13.8 Å². The fourth-order valence-electron chi connectivity index (χ4n) is 1.61. The molecule has 98 valence electrons. The summed E-state index contributed by atoms with van der Waals surface area (Å²) in [4.78, 5) is 11.2. The highest BCUT2D eigenvalue weighted by Gasteiger charge is 2.18. The molecule has 1 aliphatic heterocycles. The number of ether oxygens (including phenoxy) is 1. The number of carbonyl (C=O) groups excluding carboxylic acids is 1. The highest BCUT2D eigenvalue weighted by Crippen LogP contribution is 2.30. The number of hydrogen-bond acceptors (Lipinski definition) is 4. The Bertz CT molecular complexity index is 458. The van der Waals surface area contributed by atoms with E-state index in [4.69, 9.17) is 10.5 Å². The summed E-state index contributed by atoms with van der Waals surface area (Å²) in [6.45, 7) is 5.68. The molecule has 0 unspecified atom stereocenters. The molecule has 0 aliphatic carbocycles. The van der Waals surface area contributed by atoms with Crippen LogP contribution in [0.5, 0.6) is 5.75 Å². The molecule has 0 fully saturated rings. The lowest BCUT2D eigenvalue weighted by Gasteiger charge is -2.24. The number of amides is 1. The Morgan fingerprint density at radius 1 is 1.50 bits per heavy atom. The van der Waals surface area contributed by atoms with Crippen molar-refractivity contribution in [1.82, 2.24) is 0 Å². The molecule has 0 atom stereocenters. The number of anilines is 2. The van der Waals surface area contributed by atoms with Crippen molar-refractivity contribution in [3.05, 3.63) is 18.2 Å². The Labute approximate surface area is 107 Å². The molecule has 18 heavy (non-hydrogen) atoms. The molecule has 1 aromatic carbocycles. The maximum absolute atomic E-state index is 11.2. The van der Waals surface area contributed by atoms with E-state index in [1.807, 2.05) is 18.2 Å². The second-order valence-electron chi connectivity index (χ2n) is 5.27. The van der Waals surface area contributed by atoms with Crippen molar-refractivity contribution < 1.29 is 9.53 Å². The number of fused-ring (bicyclic) bond motifs is 1. The van der Waals surface area contributed by atoms with Gasteiger partial charge in [0.25, 0.3) is 5.91 Å². The fourth-order valence-corrected chi connectivity index (χ4v) is 1.61. The molecule has 0 bridgehead atoms. The number of hydrogen-bond donors (Lipinski definition) is 3. The molecule has 5 nitrogen and oxygen atoms in total. The van der Waals surface area contributed by atoms with Gasteiger partial charge in [-0.25, -0.2) is 0 Å². The maximum atomic E-state index is 11.2. The Balaban J connectivity index is 2.07. The summed E-state index contributed by atoms with van der Waals surface area (Å²) in [5, 5.41) is 6.10. The molecule has 1 aromatic rings. The molecule has 0 radical (unpaired) electrons. The van der Waals surface area contributed by atoms with Crippen LogP contribution in [-0.4, -0.2) is 25.6 Å². The third kappa shape index (κ3) is 2.92. The largest absolute Gasteiger partial charge is 0.482 e. The third-order valence-corrected chi connectivity index (χ3v) is 2.94. The van der Waals surface area contributed by atoms with Crippen LogP contribution < -0.4 is 21.1 Å². The van der Waals surface area contributed by atoms with Crippen molar-refractivity contribution in [3.8, 4) is 5.75 Å². The summed E-state index contributed by atoms with van der Waals surface area (Å²) in [5.41, 5.74) is 7.38. The summed E-state index contributed by atoms with van der Waals surface area (Å²) in [5.74, 6) is 0.583. The van der Waals surface area contributed by atoms with Crippen LogP contribution in [-0.2, 0) is 4.79 Å². The van der Waals surface area contributed by atoms with E-state index in [1.54, 1.807) is 0 Å². The van der Waals surface area contributed by atoms with E-state index in [-0.39, 0.29) is 17.9 Å². The monoisotopic (exact) mass is 249 g/mol. The van der Waals surface area contributed by atoms with Crippen LogP contribution in [0.4, 0.5) is 11.4 Å². The number of rotatable bonds is 4. The normalized spacial score (nSPS) is 14.5. The quantitative estimate of drug-likeness (QED) is 0.754. The lowest BCUT2D eigenvalue weighted by molar-refractivity contribution is -0.118. The van der Waals surface area contributed by atoms with Gasteiger partial charge in [0.1, 0.15) is 5.75 Å². The van der Waals surface area contributed by atoms with Gasteiger partial charge in [0.05, 0.1) is 5.69 Å². The number of nitrogens with two attached hydrogens (primary N) is 1. The van der Waals surface area contributed by atoms with Crippen molar-refractivity contribution >= 4 is 17.3 Å². The summed E-state index contributed by atoms with van der Waals surface area (Å²) in [6, 6.07) is 5.66. The van der Waals surface area contributed by atoms with Crippen LogP contribution in [0, 0.1) is 5.41 Å². The first-order valence-corrected chi connectivity index (χ1v) is 6.01. The van der Waals surface area contributed by atoms with Gasteiger partial charge in [-0.3, -0.25) is 4.79 Å². The molecule has 2 rings (SSSR count). The zero-order valence-electron chi connectivity index (χ0n) is 10.7. The van der Waals surface area contributed by atoms with Crippen LogP contribution >= 0.6 is 0 Å². The zero-order chi connectivity index (χ0) is 13.2. The molecule has 1 amide bonds. The number of benzene rings is 1. The van der Waals surface area contributed by atoms with E-state index in [1.165, 1.54) is 0 Å². The van der Waals surface area contributed by atoms with E-state index in [2.05, 4.69) is 24.5 Å². The first-order valence-electron chi connectivity index (χ1n) is 6.01. The molecular weight excluding hydrogens is 230 g/mol. The van der Waals surface area contributed by atoms with Gasteiger partial charge < -0.3 is 21.1 Å². The molecule has 1 heterocycles. The van der Waals surface area contributed by atoms with Crippen LogP contribution in [0.1, 0.15) is 13.8 Å². The first kappa shape index (κ1) is 12.7. The van der Waals surface area contributed by atoms with Crippen LogP contribution in [0.3, 0.4) is 0 Å². The van der Waals surface area contributed by atoms with E-state index in [0.29, 0.717) is 18.0 Å². The molecule has 5 heteroatoms. The minimum atomic E-state index is -0.123. The third-order valence-electron chi connectivity index (χ3n) is 2.94. The smallest absolute Gasteiger partial charge is 0.262 e. The lowest BCUT2D eigenvalue weighted by atomic mass is 9.94. The Hall–Kier alpha value is -1.75. The average molecular weight is 249 g/mol. The van der Waals surface area contributed by atoms with Crippen molar-refractivity contribution in [2.45, 2.75) is 13.8 Å². The van der Waals surface area contributed by atoms with Crippen LogP contribution in [0.15, 0.2) is 18.2 Å². The van der Waals surface area contributed by atoms with Crippen molar-refractivity contribution in [1.29, 1.82) is 0 Å². The highest BCUT2D eigenvalue weighted by molar-refractivity contribution is 5.96. The molecule has 0 spiro atoms. The Morgan fingerprint density at radius 3 is 3.00 bits per heavy atom. The lowest BCUT2D eigenvalue weighted by Crippen LogP contribution is -2.31. The average Bonchev–Trinajstić information content (AvgIpc) is 2.36. The predicted octanol–water partition coefficient (Wildman–Crippen LogP) is 1.41. The summed E-state index contributed by atoms with van der Waals surface area (Å²) < 4.78 is 5.30. The van der Waals surface area contributed by atoms with E-state index >= 15 is 0 Å². The standard InChI is InChI=1S/C13H19N3O2/c1-13(2,7-14)8-15-9-3-4-11-10(5-9)16-12(17)6-18-11/h3-5,15H,6-8,14H2,1-2H3,(H,16,17). The SMILES string of the molecule is CC(C)(CN)CNc1ccc2c(c1)NC(=O)CO2. The summed E-state index contributed by atoms with van der Waals surface area (Å²) >= 11 is 0. The Morgan fingerprint density at radius 2 is 2.28 bits per heavy atom. The minimum Gasteiger partial charge on any atom is -0.482 e. The van der Waals surface area contributed by atoms with Gasteiger partial charge in [0, 0.05) is 12.2 Å². The molecule has 1 aliphatic rings. The van der Waals surface area contributed by atoms with E-state index in [9.17, 15) is 4.79 Å². The molecular formula is C13H19N3O2. The van der Waals surface area contributed by atoms with Gasteiger partial charge in [0.15, 0.2) is 6.61 Å². The second kappa shape index (κ2) is 4.86. The molecule has 0 aromatic heterocycles. The molecule has 0 saturated heterocycles. The highest BCUT2D eigenvalue weighted by atomic mass is 16.5. The second-order valence-corrected chi connectivity index (χ2v) is 5.27. The van der Waals surface area contributed by atoms with Gasteiger partial charge >= 0.3 is 0 Å². The fraction of sp³-hybridized carbons (Fsp3) is 0.462. The van der Waals surface area contributed by atoms with Crippen molar-refractivity contribution in [3.63, 3.8) is 0 Å². The number of carbonyl (C=O) groups is 1. The van der Waals surface area contributed by atoms with Gasteiger partial charge in [-0.2, -0.15) is 0 Å². The summed E-state index contributed by atoms with van der Waals surface area (Å²) in [6.07, 6.45) is 0. The van der Waals surface area contributed by atoms with Crippen LogP contribution in [0.25, 0.3) is 0 Å². The van der Waals surface area contributed by atoms with Gasteiger partial charge in [-0.15, -0.1) is 0 Å². The Kier molecular flexibility index (Phi) is 3.43. The van der Waals surface area contributed by atoms with E-state index in [0.717, 1.165) is 12.2 Å². The zero-order valence-corrected chi connectivity index (χ0v) is 10.7. The first-order chi connectivity index (χ1) is 8.50.